The summed E-state index contributed by atoms with van der Waals surface area (Å²) in [7, 11) is 0. The maximum atomic E-state index is 13.7. The molecule has 9 nitrogen and oxygen atoms in total. The number of carbonyl (C=O) groups is 3. The first-order valence-corrected chi connectivity index (χ1v) is 12.2. The third-order valence-corrected chi connectivity index (χ3v) is 6.85. The monoisotopic (exact) mass is 531 g/mol. The third-order valence-electron chi connectivity index (χ3n) is 6.85. The van der Waals surface area contributed by atoms with E-state index in [1.54, 1.807) is 24.3 Å². The molecule has 198 valence electrons. The van der Waals surface area contributed by atoms with Crippen molar-refractivity contribution in [1.82, 2.24) is 15.2 Å². The molecular weight excluding hydrogens is 508 g/mol. The molecule has 3 heterocycles. The summed E-state index contributed by atoms with van der Waals surface area (Å²) in [5.41, 5.74) is 4.14. The van der Waals surface area contributed by atoms with Crippen LogP contribution in [-0.4, -0.2) is 64.5 Å². The number of rotatable bonds is 5. The molecule has 1 unspecified atom stereocenters. The first-order chi connectivity index (χ1) is 18.6. The van der Waals surface area contributed by atoms with Gasteiger partial charge in [-0.2, -0.15) is 5.26 Å². The molecule has 3 aromatic rings. The normalized spacial score (nSPS) is 17.8. The number of amides is 3. The van der Waals surface area contributed by atoms with Gasteiger partial charge < -0.3 is 15.3 Å². The van der Waals surface area contributed by atoms with Crippen LogP contribution in [0.4, 0.5) is 19.3 Å². The molecule has 0 radical (unpaired) electrons. The number of aromatic nitrogens is 1. The second-order valence-electron chi connectivity index (χ2n) is 9.45. The van der Waals surface area contributed by atoms with E-state index < -0.39 is 49.4 Å². The molecule has 1 aromatic heterocycles. The third kappa shape index (κ3) is 5.27. The number of hydrogen-bond acceptors (Lipinski definition) is 5. The van der Waals surface area contributed by atoms with E-state index >= 15 is 0 Å². The molecule has 2 aliphatic heterocycles. The number of benzene rings is 2. The van der Waals surface area contributed by atoms with E-state index in [1.165, 1.54) is 17.2 Å². The fourth-order valence-electron chi connectivity index (χ4n) is 4.93. The fraction of sp³-hybridized carbons (Fsp3) is 0.250. The van der Waals surface area contributed by atoms with Gasteiger partial charge in [-0.25, -0.2) is 13.6 Å². The SMILES string of the molecule is N#CC1CC(F)(F)CN1C(=O)CNC(=O)c1ccnc2ccc(C=Cc3ccc4c(c3)CCN4C(=O)O)cc12. The van der Waals surface area contributed by atoms with Crippen molar-refractivity contribution in [3.05, 3.63) is 70.9 Å². The number of nitrogens with zero attached hydrogens (tertiary/aromatic N) is 4. The minimum atomic E-state index is -3.14. The highest BCUT2D eigenvalue weighted by molar-refractivity contribution is 6.07. The Balaban J connectivity index is 1.31. The second kappa shape index (κ2) is 10.1. The van der Waals surface area contributed by atoms with E-state index in [4.69, 9.17) is 5.26 Å². The number of nitrogens with one attached hydrogen (secondary N) is 1. The number of hydrogen-bond donors (Lipinski definition) is 2. The van der Waals surface area contributed by atoms with Crippen molar-refractivity contribution in [2.24, 2.45) is 0 Å². The summed E-state index contributed by atoms with van der Waals surface area (Å²) >= 11 is 0. The van der Waals surface area contributed by atoms with Gasteiger partial charge in [0.15, 0.2) is 0 Å². The van der Waals surface area contributed by atoms with Crippen LogP contribution < -0.4 is 10.2 Å². The lowest BCUT2D eigenvalue weighted by molar-refractivity contribution is -0.131. The molecule has 0 bridgehead atoms. The van der Waals surface area contributed by atoms with E-state index in [-0.39, 0.29) is 5.56 Å². The van der Waals surface area contributed by atoms with Crippen LogP contribution in [0.1, 0.15) is 33.5 Å². The van der Waals surface area contributed by atoms with Crippen LogP contribution in [0.5, 0.6) is 0 Å². The summed E-state index contributed by atoms with van der Waals surface area (Å²) in [5, 5.41) is 21.4. The number of alkyl halides is 2. The van der Waals surface area contributed by atoms with Gasteiger partial charge >= 0.3 is 6.09 Å². The van der Waals surface area contributed by atoms with Crippen LogP contribution in [0.2, 0.25) is 0 Å². The molecule has 1 atom stereocenters. The van der Waals surface area contributed by atoms with Crippen LogP contribution in [0, 0.1) is 11.3 Å². The summed E-state index contributed by atoms with van der Waals surface area (Å²) in [5.74, 6) is -4.46. The van der Waals surface area contributed by atoms with Crippen molar-refractivity contribution >= 4 is 46.6 Å². The molecular formula is C28H23F2N5O4. The van der Waals surface area contributed by atoms with Crippen LogP contribution in [0.15, 0.2) is 48.7 Å². The molecule has 3 amide bonds. The largest absolute Gasteiger partial charge is 0.465 e. The van der Waals surface area contributed by atoms with Gasteiger partial charge in [-0.3, -0.25) is 19.5 Å². The Labute approximate surface area is 222 Å². The van der Waals surface area contributed by atoms with Crippen LogP contribution in [-0.2, 0) is 11.2 Å². The van der Waals surface area contributed by atoms with Crippen LogP contribution >= 0.6 is 0 Å². The Bertz CT molecular complexity index is 1570. The van der Waals surface area contributed by atoms with Gasteiger partial charge in [0.2, 0.25) is 5.91 Å². The number of anilines is 1. The molecule has 11 heteroatoms. The van der Waals surface area contributed by atoms with Gasteiger partial charge in [0.1, 0.15) is 6.04 Å². The van der Waals surface area contributed by atoms with Crippen molar-refractivity contribution in [1.29, 1.82) is 5.26 Å². The van der Waals surface area contributed by atoms with Crippen molar-refractivity contribution in [2.75, 3.05) is 24.5 Å². The maximum absolute atomic E-state index is 13.7. The van der Waals surface area contributed by atoms with Gasteiger partial charge in [0, 0.05) is 24.5 Å². The predicted molar refractivity (Wildman–Crippen MR) is 139 cm³/mol. The van der Waals surface area contributed by atoms with Gasteiger partial charge in [0.05, 0.1) is 35.9 Å². The maximum Gasteiger partial charge on any atom is 0.411 e. The predicted octanol–water partition coefficient (Wildman–Crippen LogP) is 3.94. The average molecular weight is 532 g/mol. The molecule has 2 aromatic carbocycles. The lowest BCUT2D eigenvalue weighted by Crippen LogP contribution is -2.43. The fourth-order valence-corrected chi connectivity index (χ4v) is 4.93. The molecule has 2 N–H and O–H groups in total. The molecule has 39 heavy (non-hydrogen) atoms. The van der Waals surface area contributed by atoms with E-state index in [2.05, 4.69) is 10.3 Å². The van der Waals surface area contributed by atoms with E-state index in [0.29, 0.717) is 29.6 Å². The number of nitriles is 1. The standard InChI is InChI=1S/C28H23F2N5O4/c29-28(30)13-20(14-31)35(16-28)25(36)15-33-26(37)21-7-9-32-23-5-3-18(12-22(21)23)2-1-17-4-6-24-19(11-17)8-10-34(24)27(38)39/h1-7,9,11-12,20H,8,10,13,15-16H2,(H,33,37)(H,38,39). The van der Waals surface area contributed by atoms with Gasteiger partial charge in [-0.05, 0) is 53.4 Å². The quantitative estimate of drug-likeness (QED) is 0.481. The zero-order valence-electron chi connectivity index (χ0n) is 20.6. The highest BCUT2D eigenvalue weighted by Crippen LogP contribution is 2.32. The molecule has 5 rings (SSSR count). The summed E-state index contributed by atoms with van der Waals surface area (Å²) in [6, 6.07) is 12.9. The van der Waals surface area contributed by atoms with Gasteiger partial charge in [0.25, 0.3) is 11.8 Å². The first-order valence-electron chi connectivity index (χ1n) is 12.2. The Morgan fingerprint density at radius 1 is 1.15 bits per heavy atom. The zero-order chi connectivity index (χ0) is 27.7. The number of halogens is 2. The smallest absolute Gasteiger partial charge is 0.411 e. The minimum Gasteiger partial charge on any atom is -0.465 e. The average Bonchev–Trinajstić information content (AvgIpc) is 3.49. The summed E-state index contributed by atoms with van der Waals surface area (Å²) in [4.78, 5) is 43.2. The van der Waals surface area contributed by atoms with Crippen molar-refractivity contribution in [3.63, 3.8) is 0 Å². The molecule has 0 aliphatic carbocycles. The summed E-state index contributed by atoms with van der Waals surface area (Å²) in [6.45, 7) is -0.945. The van der Waals surface area contributed by atoms with E-state index in [9.17, 15) is 28.3 Å². The lowest BCUT2D eigenvalue weighted by Gasteiger charge is -2.19. The van der Waals surface area contributed by atoms with Crippen LogP contribution in [0.3, 0.4) is 0 Å². The highest BCUT2D eigenvalue weighted by atomic mass is 19.3. The van der Waals surface area contributed by atoms with Crippen molar-refractivity contribution < 1.29 is 28.3 Å². The van der Waals surface area contributed by atoms with Gasteiger partial charge in [-0.15, -0.1) is 0 Å². The van der Waals surface area contributed by atoms with Gasteiger partial charge in [-0.1, -0.05) is 24.3 Å². The number of pyridine rings is 1. The first kappa shape index (κ1) is 25.8. The summed E-state index contributed by atoms with van der Waals surface area (Å²) in [6.07, 6.45) is 4.15. The molecule has 2 aliphatic rings. The van der Waals surface area contributed by atoms with Crippen molar-refractivity contribution in [2.45, 2.75) is 24.8 Å². The Morgan fingerprint density at radius 3 is 2.64 bits per heavy atom. The van der Waals surface area contributed by atoms with E-state index in [0.717, 1.165) is 21.6 Å². The van der Waals surface area contributed by atoms with E-state index in [1.807, 2.05) is 30.4 Å². The number of fused-ring (bicyclic) bond motifs is 2. The van der Waals surface area contributed by atoms with Crippen LogP contribution in [0.25, 0.3) is 23.1 Å². The molecule has 0 saturated carbocycles. The Hall–Kier alpha value is -4.85. The lowest BCUT2D eigenvalue weighted by atomic mass is 10.0. The zero-order valence-corrected chi connectivity index (χ0v) is 20.6. The second-order valence-corrected chi connectivity index (χ2v) is 9.45. The Morgan fingerprint density at radius 2 is 1.90 bits per heavy atom. The molecule has 0 spiro atoms. The molecule has 1 saturated heterocycles. The summed E-state index contributed by atoms with van der Waals surface area (Å²) < 4.78 is 27.3. The minimum absolute atomic E-state index is 0.262. The number of carboxylic acid groups (broad SMARTS) is 1. The molecule has 1 fully saturated rings. The highest BCUT2D eigenvalue weighted by Gasteiger charge is 2.47. The Kier molecular flexibility index (Phi) is 6.70. The topological polar surface area (TPSA) is 127 Å². The van der Waals surface area contributed by atoms with Crippen molar-refractivity contribution in [3.8, 4) is 6.07 Å². The number of carbonyl (C=O) groups excluding carboxylic acids is 2. The number of likely N-dealkylation sites (tertiary alicyclic amines) is 1.